The first-order valence-corrected chi connectivity index (χ1v) is 7.80. The molecule has 3 heteroatoms. The van der Waals surface area contributed by atoms with E-state index in [2.05, 4.69) is 6.58 Å². The summed E-state index contributed by atoms with van der Waals surface area (Å²) in [5.74, 6) is 0.0171. The zero-order valence-electron chi connectivity index (χ0n) is 13.7. The Morgan fingerprint density at radius 2 is 1.95 bits per heavy atom. The minimum atomic E-state index is -0.609. The number of benzene rings is 1. The Hall–Kier alpha value is -1.58. The maximum Gasteiger partial charge on any atom is 0.116 e. The van der Waals surface area contributed by atoms with E-state index in [9.17, 15) is 15.3 Å². The van der Waals surface area contributed by atoms with E-state index in [-0.39, 0.29) is 17.6 Å². The van der Waals surface area contributed by atoms with Crippen LogP contribution < -0.4 is 0 Å². The Balaban J connectivity index is 2.62. The van der Waals surface area contributed by atoms with Crippen molar-refractivity contribution in [2.75, 3.05) is 0 Å². The monoisotopic (exact) mass is 304 g/mol. The summed E-state index contributed by atoms with van der Waals surface area (Å²) in [6.07, 6.45) is 3.75. The topological polar surface area (TPSA) is 60.7 Å². The van der Waals surface area contributed by atoms with Crippen LogP contribution in [0.15, 0.2) is 42.5 Å². The molecule has 0 fully saturated rings. The van der Waals surface area contributed by atoms with Gasteiger partial charge in [-0.05, 0) is 43.4 Å². The lowest BCUT2D eigenvalue weighted by atomic mass is 9.86. The third-order valence-corrected chi connectivity index (χ3v) is 3.91. The number of allylic oxidation sites excluding steroid dienone is 1. The van der Waals surface area contributed by atoms with Gasteiger partial charge in [0.1, 0.15) is 5.75 Å². The SMILES string of the molecule is C=C[C@H]([C@H](O)CC/C(C)=C/c1cccc(O)c1)[C@H](O)C(C)C. The first-order chi connectivity index (χ1) is 10.3. The van der Waals surface area contributed by atoms with Crippen LogP contribution in [0.1, 0.15) is 39.2 Å². The van der Waals surface area contributed by atoms with Crippen LogP contribution in [0.5, 0.6) is 5.75 Å². The standard InChI is InChI=1S/C19H28O3/c1-5-17(19(22)13(2)3)18(21)10-9-14(4)11-15-7-6-8-16(20)12-15/h5-8,11-13,17-22H,1,9-10H2,2-4H3/b14-11+/t17-,18-,19-/m1/s1. The summed E-state index contributed by atoms with van der Waals surface area (Å²) in [5.41, 5.74) is 2.06. The van der Waals surface area contributed by atoms with E-state index in [4.69, 9.17) is 0 Å². The average Bonchev–Trinajstić information content (AvgIpc) is 2.45. The predicted molar refractivity (Wildman–Crippen MR) is 91.5 cm³/mol. The van der Waals surface area contributed by atoms with Gasteiger partial charge in [0.05, 0.1) is 12.2 Å². The fraction of sp³-hybridized carbons (Fsp3) is 0.474. The van der Waals surface area contributed by atoms with Gasteiger partial charge in [-0.15, -0.1) is 6.58 Å². The van der Waals surface area contributed by atoms with E-state index in [0.29, 0.717) is 6.42 Å². The van der Waals surface area contributed by atoms with Gasteiger partial charge in [0, 0.05) is 5.92 Å². The first kappa shape index (κ1) is 18.5. The molecule has 1 rings (SSSR count). The second kappa shape index (κ2) is 8.76. The summed E-state index contributed by atoms with van der Waals surface area (Å²) in [5, 5.41) is 29.9. The fourth-order valence-electron chi connectivity index (χ4n) is 2.51. The highest BCUT2D eigenvalue weighted by atomic mass is 16.3. The predicted octanol–water partition coefficient (Wildman–Crippen LogP) is 3.76. The number of phenols is 1. The molecule has 22 heavy (non-hydrogen) atoms. The summed E-state index contributed by atoms with van der Waals surface area (Å²) in [4.78, 5) is 0. The van der Waals surface area contributed by atoms with E-state index >= 15 is 0 Å². The van der Waals surface area contributed by atoms with E-state index in [1.165, 1.54) is 0 Å². The quantitative estimate of drug-likeness (QED) is 0.641. The van der Waals surface area contributed by atoms with Crippen LogP contribution in [0, 0.1) is 11.8 Å². The van der Waals surface area contributed by atoms with Crippen LogP contribution in [0.4, 0.5) is 0 Å². The highest BCUT2D eigenvalue weighted by Crippen LogP contribution is 2.23. The Kier molecular flexibility index (Phi) is 7.36. The van der Waals surface area contributed by atoms with Crippen LogP contribution in [0.25, 0.3) is 6.08 Å². The molecule has 0 amide bonds. The maximum absolute atomic E-state index is 10.3. The molecular weight excluding hydrogens is 276 g/mol. The van der Waals surface area contributed by atoms with Crippen molar-refractivity contribution in [3.8, 4) is 5.75 Å². The van der Waals surface area contributed by atoms with E-state index < -0.39 is 12.2 Å². The number of aromatic hydroxyl groups is 1. The van der Waals surface area contributed by atoms with Crippen molar-refractivity contribution in [2.24, 2.45) is 11.8 Å². The number of phenolic OH excluding ortho intramolecular Hbond substituents is 1. The third kappa shape index (κ3) is 5.66. The van der Waals surface area contributed by atoms with Crippen LogP contribution in [0.2, 0.25) is 0 Å². The van der Waals surface area contributed by atoms with Gasteiger partial charge < -0.3 is 15.3 Å². The molecule has 0 heterocycles. The summed E-state index contributed by atoms with van der Waals surface area (Å²) < 4.78 is 0. The van der Waals surface area contributed by atoms with Gasteiger partial charge in [-0.3, -0.25) is 0 Å². The summed E-state index contributed by atoms with van der Waals surface area (Å²) in [6.45, 7) is 9.59. The summed E-state index contributed by atoms with van der Waals surface area (Å²) in [6, 6.07) is 7.07. The molecule has 1 aromatic carbocycles. The van der Waals surface area contributed by atoms with Crippen molar-refractivity contribution in [1.29, 1.82) is 0 Å². The molecule has 0 aliphatic heterocycles. The Morgan fingerprint density at radius 1 is 1.27 bits per heavy atom. The summed E-state index contributed by atoms with van der Waals surface area (Å²) >= 11 is 0. The van der Waals surface area contributed by atoms with Crippen LogP contribution in [0.3, 0.4) is 0 Å². The Morgan fingerprint density at radius 3 is 2.50 bits per heavy atom. The van der Waals surface area contributed by atoms with E-state index in [1.54, 1.807) is 24.3 Å². The van der Waals surface area contributed by atoms with Gasteiger partial charge in [-0.2, -0.15) is 0 Å². The van der Waals surface area contributed by atoms with Crippen molar-refractivity contribution < 1.29 is 15.3 Å². The van der Waals surface area contributed by atoms with E-state index in [0.717, 1.165) is 17.6 Å². The zero-order chi connectivity index (χ0) is 16.7. The van der Waals surface area contributed by atoms with Crippen LogP contribution in [-0.4, -0.2) is 27.5 Å². The number of aliphatic hydroxyl groups excluding tert-OH is 2. The van der Waals surface area contributed by atoms with Crippen molar-refractivity contribution >= 4 is 6.08 Å². The molecule has 0 aliphatic carbocycles. The zero-order valence-corrected chi connectivity index (χ0v) is 13.7. The molecule has 0 bridgehead atoms. The normalized spacial score (nSPS) is 16.4. The molecule has 0 aliphatic rings. The molecule has 0 spiro atoms. The third-order valence-electron chi connectivity index (χ3n) is 3.91. The maximum atomic E-state index is 10.3. The molecule has 0 radical (unpaired) electrons. The minimum Gasteiger partial charge on any atom is -0.508 e. The summed E-state index contributed by atoms with van der Waals surface area (Å²) in [7, 11) is 0. The molecule has 3 atom stereocenters. The largest absolute Gasteiger partial charge is 0.508 e. The number of rotatable bonds is 8. The molecule has 3 nitrogen and oxygen atoms in total. The molecule has 3 N–H and O–H groups in total. The number of hydrogen-bond acceptors (Lipinski definition) is 3. The lowest BCUT2D eigenvalue weighted by Gasteiger charge is -2.27. The van der Waals surface area contributed by atoms with Gasteiger partial charge in [0.25, 0.3) is 0 Å². The second-order valence-electron chi connectivity index (χ2n) is 6.24. The molecule has 1 aromatic rings. The number of hydrogen-bond donors (Lipinski definition) is 3. The molecule has 0 aromatic heterocycles. The van der Waals surface area contributed by atoms with Gasteiger partial charge in [0.15, 0.2) is 0 Å². The average molecular weight is 304 g/mol. The Bertz CT molecular complexity index is 505. The fourth-order valence-corrected chi connectivity index (χ4v) is 2.51. The lowest BCUT2D eigenvalue weighted by Crippen LogP contribution is -2.33. The Labute approximate surface area is 133 Å². The van der Waals surface area contributed by atoms with Crippen LogP contribution in [-0.2, 0) is 0 Å². The van der Waals surface area contributed by atoms with Gasteiger partial charge in [0.2, 0.25) is 0 Å². The lowest BCUT2D eigenvalue weighted by molar-refractivity contribution is 0.00890. The molecule has 0 saturated heterocycles. The van der Waals surface area contributed by atoms with Gasteiger partial charge >= 0.3 is 0 Å². The first-order valence-electron chi connectivity index (χ1n) is 7.80. The molecule has 122 valence electrons. The van der Waals surface area contributed by atoms with Gasteiger partial charge in [-0.25, -0.2) is 0 Å². The van der Waals surface area contributed by atoms with Crippen molar-refractivity contribution in [1.82, 2.24) is 0 Å². The van der Waals surface area contributed by atoms with Crippen molar-refractivity contribution in [2.45, 2.75) is 45.8 Å². The van der Waals surface area contributed by atoms with Crippen molar-refractivity contribution in [3.05, 3.63) is 48.1 Å². The molecular formula is C19H28O3. The minimum absolute atomic E-state index is 0.0848. The second-order valence-corrected chi connectivity index (χ2v) is 6.24. The molecule has 0 saturated carbocycles. The van der Waals surface area contributed by atoms with Crippen molar-refractivity contribution in [3.63, 3.8) is 0 Å². The number of aliphatic hydroxyl groups is 2. The highest BCUT2D eigenvalue weighted by Gasteiger charge is 2.26. The smallest absolute Gasteiger partial charge is 0.116 e. The van der Waals surface area contributed by atoms with Gasteiger partial charge in [-0.1, -0.05) is 43.7 Å². The highest BCUT2D eigenvalue weighted by molar-refractivity contribution is 5.54. The van der Waals surface area contributed by atoms with E-state index in [1.807, 2.05) is 32.9 Å². The molecule has 0 unspecified atom stereocenters. The van der Waals surface area contributed by atoms with Crippen LogP contribution >= 0.6 is 0 Å².